The molecule has 1 amide bonds. The highest BCUT2D eigenvalue weighted by Gasteiger charge is 2.20. The van der Waals surface area contributed by atoms with Gasteiger partial charge in [-0.05, 0) is 42.5 Å². The molecule has 4 nitrogen and oxygen atoms in total. The van der Waals surface area contributed by atoms with Crippen LogP contribution in [0.15, 0.2) is 58.4 Å². The van der Waals surface area contributed by atoms with Crippen molar-refractivity contribution in [2.75, 3.05) is 11.6 Å². The van der Waals surface area contributed by atoms with Crippen LogP contribution in [0.1, 0.15) is 15.9 Å². The summed E-state index contributed by atoms with van der Waals surface area (Å²) < 4.78 is 2.01. The molecule has 0 fully saturated rings. The van der Waals surface area contributed by atoms with E-state index in [1.165, 1.54) is 5.56 Å². The number of carbonyl (C=O) groups excluding carboxylic acids is 1. The first-order chi connectivity index (χ1) is 11.7. The predicted octanol–water partition coefficient (Wildman–Crippen LogP) is 3.53. The summed E-state index contributed by atoms with van der Waals surface area (Å²) in [5.41, 5.74) is 2.81. The van der Waals surface area contributed by atoms with Crippen LogP contribution in [-0.2, 0) is 13.0 Å². The molecule has 2 aromatic carbocycles. The number of nitrogens with one attached hydrogen (secondary N) is 1. The Morgan fingerprint density at radius 3 is 2.88 bits per heavy atom. The smallest absolute Gasteiger partial charge is 0.261 e. The number of benzene rings is 2. The summed E-state index contributed by atoms with van der Waals surface area (Å²) in [4.78, 5) is 26.4. The molecule has 1 N–H and O–H groups in total. The number of aromatic nitrogens is 1. The van der Waals surface area contributed by atoms with Crippen molar-refractivity contribution in [2.24, 2.45) is 0 Å². The van der Waals surface area contributed by atoms with Crippen molar-refractivity contribution in [3.05, 3.63) is 70.0 Å². The van der Waals surface area contributed by atoms with E-state index in [0.29, 0.717) is 11.1 Å². The number of carbonyl (C=O) groups is 1. The van der Waals surface area contributed by atoms with Gasteiger partial charge >= 0.3 is 0 Å². The third kappa shape index (κ3) is 2.41. The first-order valence-electron chi connectivity index (χ1n) is 7.78. The van der Waals surface area contributed by atoms with Gasteiger partial charge in [0.15, 0.2) is 0 Å². The molecule has 5 heteroatoms. The molecular formula is C19H16N2O2S. The minimum absolute atomic E-state index is 0.191. The van der Waals surface area contributed by atoms with Gasteiger partial charge in [-0.25, -0.2) is 0 Å². The fraction of sp³-hybridized carbons (Fsp3) is 0.158. The van der Waals surface area contributed by atoms with Gasteiger partial charge in [-0.2, -0.15) is 0 Å². The van der Waals surface area contributed by atoms with E-state index in [9.17, 15) is 9.59 Å². The number of para-hydroxylation sites is 1. The van der Waals surface area contributed by atoms with E-state index >= 15 is 0 Å². The largest absolute Gasteiger partial charge is 0.346 e. The highest BCUT2D eigenvalue weighted by molar-refractivity contribution is 7.98. The molecule has 24 heavy (non-hydrogen) atoms. The Bertz CT molecular complexity index is 1020. The van der Waals surface area contributed by atoms with E-state index in [0.717, 1.165) is 23.4 Å². The lowest BCUT2D eigenvalue weighted by molar-refractivity contribution is 0.102. The highest BCUT2D eigenvalue weighted by Crippen LogP contribution is 2.24. The molecule has 1 aromatic heterocycles. The monoisotopic (exact) mass is 336 g/mol. The molecule has 0 atom stereocenters. The Labute approximate surface area is 143 Å². The van der Waals surface area contributed by atoms with Crippen molar-refractivity contribution in [1.82, 2.24) is 4.57 Å². The second-order valence-electron chi connectivity index (χ2n) is 5.81. The number of thioether (sulfide) groups is 1. The lowest BCUT2D eigenvalue weighted by Gasteiger charge is -2.10. The van der Waals surface area contributed by atoms with E-state index in [2.05, 4.69) is 5.32 Å². The van der Waals surface area contributed by atoms with Gasteiger partial charge < -0.3 is 9.88 Å². The molecule has 2 heterocycles. The van der Waals surface area contributed by atoms with Crippen LogP contribution in [-0.4, -0.2) is 16.7 Å². The molecule has 120 valence electrons. The second-order valence-corrected chi connectivity index (χ2v) is 6.69. The van der Waals surface area contributed by atoms with Crippen molar-refractivity contribution in [3.8, 4) is 0 Å². The van der Waals surface area contributed by atoms with E-state index in [-0.39, 0.29) is 16.9 Å². The van der Waals surface area contributed by atoms with Crippen molar-refractivity contribution in [2.45, 2.75) is 17.9 Å². The average Bonchev–Trinajstić information content (AvgIpc) is 3.02. The van der Waals surface area contributed by atoms with Gasteiger partial charge in [0.1, 0.15) is 5.56 Å². The van der Waals surface area contributed by atoms with Gasteiger partial charge in [0.2, 0.25) is 5.43 Å². The molecule has 0 aliphatic carbocycles. The third-order valence-electron chi connectivity index (χ3n) is 4.38. The van der Waals surface area contributed by atoms with Crippen molar-refractivity contribution >= 4 is 34.3 Å². The molecule has 0 saturated carbocycles. The van der Waals surface area contributed by atoms with E-state index in [1.54, 1.807) is 24.0 Å². The number of rotatable bonds is 3. The molecule has 0 saturated heterocycles. The number of nitrogens with zero attached hydrogens (tertiary/aromatic N) is 1. The maximum absolute atomic E-state index is 12.7. The molecule has 0 spiro atoms. The first-order valence-corrected chi connectivity index (χ1v) is 9.00. The Morgan fingerprint density at radius 1 is 1.21 bits per heavy atom. The first kappa shape index (κ1) is 15.0. The second kappa shape index (κ2) is 5.83. The van der Waals surface area contributed by atoms with Gasteiger partial charge in [0, 0.05) is 28.7 Å². The van der Waals surface area contributed by atoms with Crippen molar-refractivity contribution < 1.29 is 4.79 Å². The Morgan fingerprint density at radius 2 is 2.04 bits per heavy atom. The number of amides is 1. The van der Waals surface area contributed by atoms with Crippen molar-refractivity contribution in [1.29, 1.82) is 0 Å². The van der Waals surface area contributed by atoms with Crippen LogP contribution in [0.5, 0.6) is 0 Å². The normalized spacial score (nSPS) is 12.5. The topological polar surface area (TPSA) is 51.1 Å². The predicted molar refractivity (Wildman–Crippen MR) is 98.1 cm³/mol. The fourth-order valence-corrected chi connectivity index (χ4v) is 3.68. The standard InChI is InChI=1S/C19H16N2O2S/c1-24-14-6-3-5-13(10-14)20-19(23)16-11-21-9-8-12-4-2-7-15(17(12)21)18(16)22/h2-7,10-11H,8-9H2,1H3,(H,20,23). The Balaban J connectivity index is 1.76. The lowest BCUT2D eigenvalue weighted by Crippen LogP contribution is -2.23. The average molecular weight is 336 g/mol. The van der Waals surface area contributed by atoms with Crippen LogP contribution < -0.4 is 10.7 Å². The third-order valence-corrected chi connectivity index (χ3v) is 5.10. The molecular weight excluding hydrogens is 320 g/mol. The molecule has 1 aliphatic rings. The highest BCUT2D eigenvalue weighted by atomic mass is 32.2. The minimum atomic E-state index is -0.360. The number of pyridine rings is 1. The number of anilines is 1. The minimum Gasteiger partial charge on any atom is -0.346 e. The summed E-state index contributed by atoms with van der Waals surface area (Å²) in [6.45, 7) is 0.804. The SMILES string of the molecule is CSc1cccc(NC(=O)c2cn3c4c(cccc4c2=O)CC3)c1. The zero-order valence-corrected chi connectivity index (χ0v) is 14.0. The zero-order valence-electron chi connectivity index (χ0n) is 13.2. The van der Waals surface area contributed by atoms with Crippen LogP contribution in [0.25, 0.3) is 10.9 Å². The van der Waals surface area contributed by atoms with Crippen molar-refractivity contribution in [3.63, 3.8) is 0 Å². The summed E-state index contributed by atoms with van der Waals surface area (Å²) >= 11 is 1.61. The maximum atomic E-state index is 12.7. The zero-order chi connectivity index (χ0) is 16.7. The van der Waals surface area contributed by atoms with Crippen LogP contribution >= 0.6 is 11.8 Å². The maximum Gasteiger partial charge on any atom is 0.261 e. The summed E-state index contributed by atoms with van der Waals surface area (Å²) in [5, 5.41) is 3.46. The van der Waals surface area contributed by atoms with Gasteiger partial charge in [-0.3, -0.25) is 9.59 Å². The van der Waals surface area contributed by atoms with Gasteiger partial charge in [0.25, 0.3) is 5.91 Å². The fourth-order valence-electron chi connectivity index (χ4n) is 3.22. The molecule has 0 bridgehead atoms. The molecule has 1 aliphatic heterocycles. The Hall–Kier alpha value is -2.53. The molecule has 0 unspecified atom stereocenters. The van der Waals surface area contributed by atoms with E-state index < -0.39 is 0 Å². The van der Waals surface area contributed by atoms with Gasteiger partial charge in [-0.1, -0.05) is 18.2 Å². The molecule has 4 rings (SSSR count). The van der Waals surface area contributed by atoms with Crippen LogP contribution in [0, 0.1) is 0 Å². The van der Waals surface area contributed by atoms with Crippen LogP contribution in [0.3, 0.4) is 0 Å². The number of aryl methyl sites for hydroxylation is 2. The number of hydrogen-bond acceptors (Lipinski definition) is 3. The molecule has 3 aromatic rings. The van der Waals surface area contributed by atoms with E-state index in [4.69, 9.17) is 0 Å². The number of hydrogen-bond donors (Lipinski definition) is 1. The van der Waals surface area contributed by atoms with E-state index in [1.807, 2.05) is 47.2 Å². The Kier molecular flexibility index (Phi) is 3.65. The van der Waals surface area contributed by atoms with Crippen LogP contribution in [0.4, 0.5) is 5.69 Å². The summed E-state index contributed by atoms with van der Waals surface area (Å²) in [6, 6.07) is 13.3. The summed E-state index contributed by atoms with van der Waals surface area (Å²) in [5.74, 6) is -0.360. The van der Waals surface area contributed by atoms with Crippen LogP contribution in [0.2, 0.25) is 0 Å². The molecule has 0 radical (unpaired) electrons. The summed E-state index contributed by atoms with van der Waals surface area (Å²) in [6.07, 6.45) is 4.57. The van der Waals surface area contributed by atoms with Gasteiger partial charge in [0.05, 0.1) is 5.52 Å². The lowest BCUT2D eigenvalue weighted by atomic mass is 10.1. The van der Waals surface area contributed by atoms with Gasteiger partial charge in [-0.15, -0.1) is 11.8 Å². The quantitative estimate of drug-likeness (QED) is 0.745. The summed E-state index contributed by atoms with van der Waals surface area (Å²) in [7, 11) is 0.